The molecule has 1 N–H and O–H groups in total. The van der Waals surface area contributed by atoms with E-state index in [0.29, 0.717) is 35.1 Å². The summed E-state index contributed by atoms with van der Waals surface area (Å²) >= 11 is 0. The van der Waals surface area contributed by atoms with Gasteiger partial charge in [0.25, 0.3) is 5.91 Å². The van der Waals surface area contributed by atoms with E-state index in [1.54, 1.807) is 23.1 Å². The normalized spacial score (nSPS) is 17.3. The second-order valence-corrected chi connectivity index (χ2v) is 13.0. The molecule has 12 heteroatoms. The number of benzene rings is 3. The molecular weight excluding hydrogens is 565 g/mol. The molecule has 3 aromatic carbocycles. The van der Waals surface area contributed by atoms with Gasteiger partial charge in [0.05, 0.1) is 6.61 Å². The molecule has 0 aromatic heterocycles. The molecule has 42 heavy (non-hydrogen) atoms. The predicted molar refractivity (Wildman–Crippen MR) is 155 cm³/mol. The first-order chi connectivity index (χ1) is 19.9. The van der Waals surface area contributed by atoms with Crippen molar-refractivity contribution in [2.24, 2.45) is 5.92 Å². The summed E-state index contributed by atoms with van der Waals surface area (Å²) in [6, 6.07) is 15.7. The Morgan fingerprint density at radius 1 is 1.05 bits per heavy atom. The van der Waals surface area contributed by atoms with Gasteiger partial charge in [-0.15, -0.1) is 0 Å². The van der Waals surface area contributed by atoms with Crippen LogP contribution in [0, 0.1) is 11.7 Å². The molecule has 2 fully saturated rings. The summed E-state index contributed by atoms with van der Waals surface area (Å²) in [4.78, 5) is 26.0. The summed E-state index contributed by atoms with van der Waals surface area (Å²) in [5.74, 6) is -1.00. The summed E-state index contributed by atoms with van der Waals surface area (Å²) in [5.41, 5.74) is -0.0891. The van der Waals surface area contributed by atoms with Crippen LogP contribution in [0.1, 0.15) is 39.2 Å². The van der Waals surface area contributed by atoms with Crippen LogP contribution in [0.25, 0.3) is 10.8 Å². The number of likely N-dealkylation sites (tertiary alicyclic amines) is 1. The molecule has 3 aromatic rings. The molecule has 10 nitrogen and oxygen atoms in total. The van der Waals surface area contributed by atoms with Gasteiger partial charge >= 0.3 is 16.3 Å². The van der Waals surface area contributed by atoms with Crippen molar-refractivity contribution in [3.63, 3.8) is 0 Å². The summed E-state index contributed by atoms with van der Waals surface area (Å²) in [6.07, 6.45) is 1.15. The van der Waals surface area contributed by atoms with Crippen LogP contribution >= 0.6 is 0 Å². The zero-order valence-corrected chi connectivity index (χ0v) is 24.6. The van der Waals surface area contributed by atoms with Crippen LogP contribution < -0.4 is 18.5 Å². The van der Waals surface area contributed by atoms with Gasteiger partial charge in [-0.2, -0.15) is 8.42 Å². The monoisotopic (exact) mass is 599 g/mol. The average molecular weight is 600 g/mol. The van der Waals surface area contributed by atoms with Crippen LogP contribution in [0.2, 0.25) is 0 Å². The molecular formula is C30H34FN3O7S. The Bertz CT molecular complexity index is 1580. The SMILES string of the molecule is CC(C)(C)OC(=O)N1CCC(COc2ccc3cc(OCc4ccccc4)c(N4CC(=O)NS4(=O)=O)c(F)c3c2)CC1. The van der Waals surface area contributed by atoms with Gasteiger partial charge < -0.3 is 19.1 Å². The van der Waals surface area contributed by atoms with Crippen molar-refractivity contribution < 1.29 is 36.6 Å². The zero-order chi connectivity index (χ0) is 30.1. The first-order valence-electron chi connectivity index (χ1n) is 13.8. The van der Waals surface area contributed by atoms with E-state index in [0.717, 1.165) is 18.4 Å². The standard InChI is InChI=1S/C30H34FN3O7S/c1-30(2,3)41-29(36)33-13-11-21(12-14-33)18-39-23-10-9-22-15-25(40-19-20-7-5-4-6-8-20)28(27(31)24(22)16-23)34-17-26(35)32-42(34,37)38/h4-10,15-16,21H,11-14,17-19H2,1-3H3,(H,32,35). The number of fused-ring (bicyclic) bond motifs is 1. The van der Waals surface area contributed by atoms with Crippen LogP contribution in [-0.2, 0) is 26.3 Å². The molecule has 2 aliphatic rings. The number of amides is 2. The number of anilines is 1. The number of rotatable bonds is 7. The molecule has 0 unspecified atom stereocenters. The Morgan fingerprint density at radius 2 is 1.76 bits per heavy atom. The number of piperidine rings is 1. The number of hydrogen-bond donors (Lipinski definition) is 1. The van der Waals surface area contributed by atoms with Gasteiger partial charge in [-0.25, -0.2) is 18.2 Å². The third kappa shape index (κ3) is 6.70. The predicted octanol–water partition coefficient (Wildman–Crippen LogP) is 4.76. The Kier molecular flexibility index (Phi) is 8.18. The smallest absolute Gasteiger partial charge is 0.410 e. The van der Waals surface area contributed by atoms with Crippen molar-refractivity contribution in [2.45, 2.75) is 45.8 Å². The minimum atomic E-state index is -4.30. The van der Waals surface area contributed by atoms with Gasteiger partial charge in [0.2, 0.25) is 0 Å². The van der Waals surface area contributed by atoms with E-state index in [-0.39, 0.29) is 35.4 Å². The van der Waals surface area contributed by atoms with Crippen molar-refractivity contribution in [1.82, 2.24) is 9.62 Å². The van der Waals surface area contributed by atoms with Gasteiger partial charge in [0.15, 0.2) is 5.82 Å². The lowest BCUT2D eigenvalue weighted by Crippen LogP contribution is -2.42. The van der Waals surface area contributed by atoms with E-state index in [1.807, 2.05) is 55.8 Å². The molecule has 0 bridgehead atoms. The molecule has 2 amide bonds. The van der Waals surface area contributed by atoms with Gasteiger partial charge in [-0.05, 0) is 68.7 Å². The highest BCUT2D eigenvalue weighted by Crippen LogP contribution is 2.40. The third-order valence-electron chi connectivity index (χ3n) is 7.05. The van der Waals surface area contributed by atoms with E-state index in [4.69, 9.17) is 14.2 Å². The molecule has 0 spiro atoms. The van der Waals surface area contributed by atoms with Crippen molar-refractivity contribution in [3.05, 3.63) is 66.0 Å². The number of carbonyl (C=O) groups excluding carboxylic acids is 2. The Hall–Kier alpha value is -4.06. The fraction of sp³-hybridized carbons (Fsp3) is 0.400. The minimum Gasteiger partial charge on any atom is -0.493 e. The second-order valence-electron chi connectivity index (χ2n) is 11.5. The molecule has 2 heterocycles. The fourth-order valence-electron chi connectivity index (χ4n) is 4.93. The van der Waals surface area contributed by atoms with Crippen molar-refractivity contribution in [1.29, 1.82) is 0 Å². The maximum Gasteiger partial charge on any atom is 0.410 e. The van der Waals surface area contributed by atoms with E-state index in [9.17, 15) is 18.0 Å². The van der Waals surface area contributed by atoms with Crippen molar-refractivity contribution >= 4 is 38.7 Å². The number of halogens is 1. The molecule has 224 valence electrons. The molecule has 0 saturated carbocycles. The second kappa shape index (κ2) is 11.7. The molecule has 2 aliphatic heterocycles. The van der Waals surface area contributed by atoms with Crippen LogP contribution in [0.3, 0.4) is 0 Å². The van der Waals surface area contributed by atoms with Crippen LogP contribution in [-0.4, -0.2) is 57.2 Å². The number of ether oxygens (including phenoxy) is 3. The highest BCUT2D eigenvalue weighted by molar-refractivity contribution is 7.92. The Morgan fingerprint density at radius 3 is 2.40 bits per heavy atom. The van der Waals surface area contributed by atoms with Gasteiger partial charge in [-0.3, -0.25) is 4.79 Å². The zero-order valence-electron chi connectivity index (χ0n) is 23.8. The quantitative estimate of drug-likeness (QED) is 0.416. The first-order valence-corrected chi connectivity index (χ1v) is 15.2. The topological polar surface area (TPSA) is 114 Å². The minimum absolute atomic E-state index is 0.00524. The van der Waals surface area contributed by atoms with Gasteiger partial charge in [-0.1, -0.05) is 36.4 Å². The third-order valence-corrected chi connectivity index (χ3v) is 8.43. The average Bonchev–Trinajstić information content (AvgIpc) is 3.21. The first kappa shape index (κ1) is 29.4. The number of nitrogens with zero attached hydrogens (tertiary/aromatic N) is 2. The van der Waals surface area contributed by atoms with Crippen LogP contribution in [0.4, 0.5) is 14.9 Å². The van der Waals surface area contributed by atoms with E-state index in [2.05, 4.69) is 0 Å². The number of hydrogen-bond acceptors (Lipinski definition) is 7. The lowest BCUT2D eigenvalue weighted by molar-refractivity contribution is -0.117. The highest BCUT2D eigenvalue weighted by atomic mass is 32.2. The van der Waals surface area contributed by atoms with E-state index in [1.165, 1.54) is 6.07 Å². The van der Waals surface area contributed by atoms with Crippen molar-refractivity contribution in [2.75, 3.05) is 30.5 Å². The van der Waals surface area contributed by atoms with E-state index >= 15 is 4.39 Å². The Balaban J connectivity index is 1.34. The lowest BCUT2D eigenvalue weighted by atomic mass is 9.98. The summed E-state index contributed by atoms with van der Waals surface area (Å²) in [5, 5.41) is 0.608. The largest absolute Gasteiger partial charge is 0.493 e. The molecule has 0 aliphatic carbocycles. The van der Waals surface area contributed by atoms with Crippen LogP contribution in [0.15, 0.2) is 54.6 Å². The van der Waals surface area contributed by atoms with Crippen LogP contribution in [0.5, 0.6) is 11.5 Å². The summed E-state index contributed by atoms with van der Waals surface area (Å²) in [7, 11) is -4.30. The summed E-state index contributed by atoms with van der Waals surface area (Å²) < 4.78 is 61.5. The van der Waals surface area contributed by atoms with Gasteiger partial charge in [0.1, 0.15) is 35.9 Å². The number of carbonyl (C=O) groups is 2. The Labute approximate surface area is 244 Å². The lowest BCUT2D eigenvalue weighted by Gasteiger charge is -2.33. The van der Waals surface area contributed by atoms with Gasteiger partial charge in [0, 0.05) is 18.5 Å². The molecule has 5 rings (SSSR count). The van der Waals surface area contributed by atoms with E-state index < -0.39 is 34.1 Å². The molecule has 0 atom stereocenters. The van der Waals surface area contributed by atoms with Crippen molar-refractivity contribution in [3.8, 4) is 11.5 Å². The summed E-state index contributed by atoms with van der Waals surface area (Å²) in [6.45, 7) is 6.49. The fourth-order valence-corrected chi connectivity index (χ4v) is 6.09. The number of nitrogens with one attached hydrogen (secondary N) is 1. The molecule has 2 saturated heterocycles. The highest BCUT2D eigenvalue weighted by Gasteiger charge is 2.38. The molecule has 0 radical (unpaired) electrons. The maximum absolute atomic E-state index is 16.2. The maximum atomic E-state index is 16.2.